The van der Waals surface area contributed by atoms with Crippen LogP contribution in [0.3, 0.4) is 0 Å². The van der Waals surface area contributed by atoms with Crippen molar-refractivity contribution in [2.45, 2.75) is 6.54 Å². The van der Waals surface area contributed by atoms with Gasteiger partial charge in [0, 0.05) is 61.9 Å². The van der Waals surface area contributed by atoms with Gasteiger partial charge >= 0.3 is 0 Å². The fourth-order valence-corrected chi connectivity index (χ4v) is 3.89. The first kappa shape index (κ1) is 21.8. The molecule has 5 nitrogen and oxygen atoms in total. The Labute approximate surface area is 183 Å². The molecule has 156 valence electrons. The van der Waals surface area contributed by atoms with Crippen molar-refractivity contribution < 1.29 is 8.78 Å². The Morgan fingerprint density at radius 1 is 1.14 bits per heavy atom. The van der Waals surface area contributed by atoms with Crippen LogP contribution in [0.2, 0.25) is 10.0 Å². The molecule has 0 aliphatic carbocycles. The normalized spacial score (nSPS) is 14.7. The quantitative estimate of drug-likeness (QED) is 0.524. The Morgan fingerprint density at radius 2 is 1.83 bits per heavy atom. The van der Waals surface area contributed by atoms with Gasteiger partial charge in [-0.3, -0.25) is 15.3 Å². The maximum atomic E-state index is 14.7. The van der Waals surface area contributed by atoms with Gasteiger partial charge in [0.25, 0.3) is 0 Å². The third-order valence-corrected chi connectivity index (χ3v) is 5.46. The van der Waals surface area contributed by atoms with Crippen molar-refractivity contribution in [1.29, 1.82) is 0 Å². The molecule has 2 aromatic rings. The number of benzene rings is 2. The molecule has 0 amide bonds. The number of hydrazine groups is 1. The summed E-state index contributed by atoms with van der Waals surface area (Å²) in [7, 11) is 1.51. The van der Waals surface area contributed by atoms with Gasteiger partial charge in [-0.2, -0.15) is 0 Å². The minimum atomic E-state index is -0.567. The highest BCUT2D eigenvalue weighted by atomic mass is 35.5. The molecule has 0 saturated carbocycles. The Bertz CT molecular complexity index is 906. The number of nitrogens with two attached hydrogens (primary N) is 1. The van der Waals surface area contributed by atoms with E-state index in [-0.39, 0.29) is 16.5 Å². The number of nitrogens with zero attached hydrogens (tertiary/aromatic N) is 3. The molecule has 0 aromatic heterocycles. The summed E-state index contributed by atoms with van der Waals surface area (Å²) in [5, 5.41) is 2.43. The monoisotopic (exact) mass is 459 g/mol. The third kappa shape index (κ3) is 5.39. The van der Waals surface area contributed by atoms with E-state index in [1.807, 2.05) is 17.0 Å². The van der Waals surface area contributed by atoms with E-state index < -0.39 is 11.6 Å². The fourth-order valence-electron chi connectivity index (χ4n) is 3.29. The number of hydrogen-bond acceptors (Lipinski definition) is 4. The van der Waals surface area contributed by atoms with E-state index in [1.54, 1.807) is 6.07 Å². The Balaban J connectivity index is 1.66. The lowest BCUT2D eigenvalue weighted by atomic mass is 10.1. The van der Waals surface area contributed by atoms with E-state index in [0.717, 1.165) is 11.6 Å². The summed E-state index contributed by atoms with van der Waals surface area (Å²) in [6, 6.07) is 7.77. The van der Waals surface area contributed by atoms with Gasteiger partial charge in [0.1, 0.15) is 5.82 Å². The van der Waals surface area contributed by atoms with Crippen LogP contribution in [0.1, 0.15) is 5.56 Å². The zero-order valence-corrected chi connectivity index (χ0v) is 18.1. The fraction of sp³-hybridized carbons (Fsp3) is 0.316. The lowest BCUT2D eigenvalue weighted by Crippen LogP contribution is -2.46. The average molecular weight is 460 g/mol. The van der Waals surface area contributed by atoms with Crippen LogP contribution in [0.4, 0.5) is 20.2 Å². The zero-order chi connectivity index (χ0) is 21.1. The first-order chi connectivity index (χ1) is 13.7. The highest BCUT2D eigenvalue weighted by molar-refractivity contribution is 7.80. The van der Waals surface area contributed by atoms with Gasteiger partial charge in [-0.1, -0.05) is 29.3 Å². The standard InChI is InChI=1S/C19H21Cl2F2N5S/c1-26(25-19(24)29)17-9-16(23)18(10-15(17)22)28-6-4-27(5-7-28)11-12-2-3-13(20)8-14(12)21/h2-3,8-10H,4-7,11H2,1H3,(H3,24,25,29). The van der Waals surface area contributed by atoms with Crippen LogP contribution in [0.5, 0.6) is 0 Å². The molecule has 0 spiro atoms. The number of thiocarbonyl (C=S) groups is 1. The Morgan fingerprint density at radius 3 is 2.45 bits per heavy atom. The number of nitrogens with one attached hydrogen (secondary N) is 1. The molecular formula is C19H21Cl2F2N5S. The van der Waals surface area contributed by atoms with Gasteiger partial charge in [-0.15, -0.1) is 0 Å². The molecule has 2 aromatic carbocycles. The SMILES string of the molecule is CN(NC(N)=S)c1cc(F)c(N2CCN(Cc3ccc(Cl)cc3Cl)CC2)cc1F. The zero-order valence-electron chi connectivity index (χ0n) is 15.8. The third-order valence-electron chi connectivity index (χ3n) is 4.78. The van der Waals surface area contributed by atoms with Crippen LogP contribution in [-0.4, -0.2) is 43.2 Å². The molecule has 0 bridgehead atoms. The molecule has 0 atom stereocenters. The van der Waals surface area contributed by atoms with Crippen LogP contribution >= 0.6 is 35.4 Å². The highest BCUT2D eigenvalue weighted by Crippen LogP contribution is 2.29. The lowest BCUT2D eigenvalue weighted by molar-refractivity contribution is 0.249. The van der Waals surface area contributed by atoms with Crippen molar-refractivity contribution in [3.05, 3.63) is 57.6 Å². The van der Waals surface area contributed by atoms with Crippen molar-refractivity contribution >= 4 is 51.9 Å². The average Bonchev–Trinajstić information content (AvgIpc) is 2.65. The molecule has 1 heterocycles. The van der Waals surface area contributed by atoms with Crippen molar-refractivity contribution in [3.63, 3.8) is 0 Å². The predicted octanol–water partition coefficient (Wildman–Crippen LogP) is 3.78. The Kier molecular flexibility index (Phi) is 7.00. The van der Waals surface area contributed by atoms with Gasteiger partial charge in [0.05, 0.1) is 11.4 Å². The first-order valence-electron chi connectivity index (χ1n) is 8.94. The topological polar surface area (TPSA) is 47.8 Å². The van der Waals surface area contributed by atoms with E-state index in [1.165, 1.54) is 18.1 Å². The summed E-state index contributed by atoms with van der Waals surface area (Å²) in [5.74, 6) is -1.07. The van der Waals surface area contributed by atoms with Crippen molar-refractivity contribution in [2.24, 2.45) is 5.73 Å². The van der Waals surface area contributed by atoms with Crippen LogP contribution < -0.4 is 21.1 Å². The molecule has 1 saturated heterocycles. The second kappa shape index (κ2) is 9.30. The van der Waals surface area contributed by atoms with E-state index in [4.69, 9.17) is 41.2 Å². The maximum Gasteiger partial charge on any atom is 0.182 e. The second-order valence-corrected chi connectivity index (χ2v) is 8.07. The molecule has 1 aliphatic rings. The minimum absolute atomic E-state index is 0.0232. The van der Waals surface area contributed by atoms with E-state index in [2.05, 4.69) is 10.3 Å². The smallest absolute Gasteiger partial charge is 0.182 e. The molecule has 3 N–H and O–H groups in total. The maximum absolute atomic E-state index is 14.7. The van der Waals surface area contributed by atoms with Gasteiger partial charge in [-0.05, 0) is 29.9 Å². The van der Waals surface area contributed by atoms with Crippen molar-refractivity contribution in [2.75, 3.05) is 43.1 Å². The Hall–Kier alpha value is -1.87. The minimum Gasteiger partial charge on any atom is -0.375 e. The lowest BCUT2D eigenvalue weighted by Gasteiger charge is -2.36. The molecule has 0 radical (unpaired) electrons. The summed E-state index contributed by atoms with van der Waals surface area (Å²) >= 11 is 16.9. The second-order valence-electron chi connectivity index (χ2n) is 6.79. The van der Waals surface area contributed by atoms with Gasteiger partial charge in [-0.25, -0.2) is 8.78 Å². The highest BCUT2D eigenvalue weighted by Gasteiger charge is 2.22. The van der Waals surface area contributed by atoms with Crippen LogP contribution in [0.25, 0.3) is 0 Å². The van der Waals surface area contributed by atoms with E-state index in [9.17, 15) is 8.78 Å². The van der Waals surface area contributed by atoms with Crippen molar-refractivity contribution in [1.82, 2.24) is 10.3 Å². The molecule has 1 aliphatic heterocycles. The van der Waals surface area contributed by atoms with Gasteiger partial charge in [0.15, 0.2) is 10.9 Å². The molecule has 1 fully saturated rings. The largest absolute Gasteiger partial charge is 0.375 e. The number of rotatable bonds is 5. The summed E-state index contributed by atoms with van der Waals surface area (Å²) in [5.41, 5.74) is 9.19. The van der Waals surface area contributed by atoms with Gasteiger partial charge < -0.3 is 10.6 Å². The molecule has 0 unspecified atom stereocenters. The summed E-state index contributed by atoms with van der Waals surface area (Å²) in [4.78, 5) is 4.05. The van der Waals surface area contributed by atoms with Crippen LogP contribution in [0, 0.1) is 11.6 Å². The van der Waals surface area contributed by atoms with E-state index in [0.29, 0.717) is 42.8 Å². The summed E-state index contributed by atoms with van der Waals surface area (Å²) in [6.07, 6.45) is 0. The first-order valence-corrected chi connectivity index (χ1v) is 10.1. The number of halogens is 4. The number of anilines is 2. The molecule has 10 heteroatoms. The van der Waals surface area contributed by atoms with Crippen molar-refractivity contribution in [3.8, 4) is 0 Å². The van der Waals surface area contributed by atoms with Crippen LogP contribution in [-0.2, 0) is 6.54 Å². The number of hydrogen-bond donors (Lipinski definition) is 2. The summed E-state index contributed by atoms with van der Waals surface area (Å²) in [6.45, 7) is 3.22. The molecular weight excluding hydrogens is 439 g/mol. The van der Waals surface area contributed by atoms with Gasteiger partial charge in [0.2, 0.25) is 0 Å². The van der Waals surface area contributed by atoms with Crippen LogP contribution in [0.15, 0.2) is 30.3 Å². The number of piperazine rings is 1. The molecule has 3 rings (SSSR count). The summed E-state index contributed by atoms with van der Waals surface area (Å²) < 4.78 is 29.2. The van der Waals surface area contributed by atoms with E-state index >= 15 is 0 Å². The molecule has 29 heavy (non-hydrogen) atoms. The predicted molar refractivity (Wildman–Crippen MR) is 119 cm³/mol.